The molecule has 3 rings (SSSR count). The van der Waals surface area contributed by atoms with Gasteiger partial charge in [0, 0.05) is 37.2 Å². The number of aryl methyl sites for hydroxylation is 1. The quantitative estimate of drug-likeness (QED) is 0.849. The lowest BCUT2D eigenvalue weighted by atomic mass is 9.97. The Morgan fingerprint density at radius 2 is 2.12 bits per heavy atom. The SMILES string of the molecule is Cc1ccc(C#N)c(N2CCC(COc3ccncc3Cl)CC2)n1. The monoisotopic (exact) mass is 342 g/mol. The first-order chi connectivity index (χ1) is 11.7. The number of nitrogens with zero attached hydrogens (tertiary/aromatic N) is 4. The van der Waals surface area contributed by atoms with Crippen molar-refractivity contribution in [2.24, 2.45) is 5.92 Å². The second-order valence-corrected chi connectivity index (χ2v) is 6.39. The fourth-order valence-electron chi connectivity index (χ4n) is 2.87. The summed E-state index contributed by atoms with van der Waals surface area (Å²) < 4.78 is 5.82. The van der Waals surface area contributed by atoms with Crippen LogP contribution in [-0.4, -0.2) is 29.7 Å². The molecule has 2 aromatic heterocycles. The number of rotatable bonds is 4. The molecule has 0 saturated carbocycles. The van der Waals surface area contributed by atoms with Crippen LogP contribution in [0.25, 0.3) is 0 Å². The Bertz CT molecular complexity index is 751. The minimum Gasteiger partial charge on any atom is -0.492 e. The van der Waals surface area contributed by atoms with E-state index in [1.165, 1.54) is 0 Å². The van der Waals surface area contributed by atoms with Gasteiger partial charge in [-0.15, -0.1) is 0 Å². The van der Waals surface area contributed by atoms with Gasteiger partial charge in [0.05, 0.1) is 12.2 Å². The number of hydrogen-bond acceptors (Lipinski definition) is 5. The van der Waals surface area contributed by atoms with Crippen molar-refractivity contribution in [2.75, 3.05) is 24.6 Å². The van der Waals surface area contributed by atoms with Crippen LogP contribution in [0.1, 0.15) is 24.1 Å². The molecule has 1 saturated heterocycles. The molecule has 2 aromatic rings. The molecule has 0 amide bonds. The maximum absolute atomic E-state index is 9.27. The molecule has 124 valence electrons. The van der Waals surface area contributed by atoms with Crippen molar-refractivity contribution in [2.45, 2.75) is 19.8 Å². The molecule has 1 fully saturated rings. The van der Waals surface area contributed by atoms with Gasteiger partial charge >= 0.3 is 0 Å². The van der Waals surface area contributed by atoms with Crippen molar-refractivity contribution in [3.05, 3.63) is 46.9 Å². The van der Waals surface area contributed by atoms with E-state index in [0.29, 0.717) is 28.9 Å². The molecule has 0 radical (unpaired) electrons. The van der Waals surface area contributed by atoms with Crippen LogP contribution in [0.2, 0.25) is 5.02 Å². The average molecular weight is 343 g/mol. The summed E-state index contributed by atoms with van der Waals surface area (Å²) in [7, 11) is 0. The first kappa shape index (κ1) is 16.5. The van der Waals surface area contributed by atoms with E-state index < -0.39 is 0 Å². The van der Waals surface area contributed by atoms with E-state index in [0.717, 1.165) is 37.4 Å². The molecule has 24 heavy (non-hydrogen) atoms. The summed E-state index contributed by atoms with van der Waals surface area (Å²) in [5.74, 6) is 1.95. The largest absolute Gasteiger partial charge is 0.492 e. The third-order valence-corrected chi connectivity index (χ3v) is 4.54. The van der Waals surface area contributed by atoms with Gasteiger partial charge in [-0.3, -0.25) is 4.98 Å². The van der Waals surface area contributed by atoms with Gasteiger partial charge in [-0.1, -0.05) is 11.6 Å². The lowest BCUT2D eigenvalue weighted by Gasteiger charge is -2.33. The number of aromatic nitrogens is 2. The van der Waals surface area contributed by atoms with E-state index in [-0.39, 0.29) is 0 Å². The maximum atomic E-state index is 9.27. The van der Waals surface area contributed by atoms with Gasteiger partial charge in [-0.2, -0.15) is 5.26 Å². The molecular weight excluding hydrogens is 324 g/mol. The molecule has 0 aromatic carbocycles. The molecule has 1 aliphatic rings. The highest BCUT2D eigenvalue weighted by molar-refractivity contribution is 6.31. The van der Waals surface area contributed by atoms with Crippen molar-refractivity contribution < 1.29 is 4.74 Å². The van der Waals surface area contributed by atoms with Crippen molar-refractivity contribution in [3.8, 4) is 11.8 Å². The maximum Gasteiger partial charge on any atom is 0.146 e. The van der Waals surface area contributed by atoms with Gasteiger partial charge in [-0.25, -0.2) is 4.98 Å². The predicted molar refractivity (Wildman–Crippen MR) is 93.4 cm³/mol. The second kappa shape index (κ2) is 7.50. The molecule has 5 nitrogen and oxygen atoms in total. The molecule has 0 unspecified atom stereocenters. The number of hydrogen-bond donors (Lipinski definition) is 0. The Hall–Kier alpha value is -2.32. The van der Waals surface area contributed by atoms with Crippen molar-refractivity contribution >= 4 is 17.4 Å². The Kier molecular flexibility index (Phi) is 5.17. The van der Waals surface area contributed by atoms with Crippen molar-refractivity contribution in [3.63, 3.8) is 0 Å². The van der Waals surface area contributed by atoms with E-state index in [1.807, 2.05) is 19.1 Å². The molecule has 6 heteroatoms. The summed E-state index contributed by atoms with van der Waals surface area (Å²) in [4.78, 5) is 10.7. The topological polar surface area (TPSA) is 62.0 Å². The molecule has 0 spiro atoms. The molecule has 0 N–H and O–H groups in total. The molecule has 3 heterocycles. The standard InChI is InChI=1S/C18H19ClN4O/c1-13-2-3-15(10-20)18(22-13)23-8-5-14(6-9-23)12-24-17-4-7-21-11-16(17)19/h2-4,7,11,14H,5-6,8-9,12H2,1H3. The Labute approximate surface area is 146 Å². The summed E-state index contributed by atoms with van der Waals surface area (Å²) in [6.07, 6.45) is 5.27. The Morgan fingerprint density at radius 1 is 1.33 bits per heavy atom. The summed E-state index contributed by atoms with van der Waals surface area (Å²) in [6, 6.07) is 7.74. The van der Waals surface area contributed by atoms with Gasteiger partial charge in [0.15, 0.2) is 0 Å². The number of anilines is 1. The van der Waals surface area contributed by atoms with Crippen LogP contribution in [0.4, 0.5) is 5.82 Å². The zero-order valence-corrected chi connectivity index (χ0v) is 14.3. The van der Waals surface area contributed by atoms with E-state index in [1.54, 1.807) is 18.5 Å². The minimum absolute atomic E-state index is 0.473. The third-order valence-electron chi connectivity index (χ3n) is 4.26. The summed E-state index contributed by atoms with van der Waals surface area (Å²) in [5.41, 5.74) is 1.57. The van der Waals surface area contributed by atoms with E-state index >= 15 is 0 Å². The van der Waals surface area contributed by atoms with Gasteiger partial charge in [0.2, 0.25) is 0 Å². The second-order valence-electron chi connectivity index (χ2n) is 5.98. The summed E-state index contributed by atoms with van der Waals surface area (Å²) in [6.45, 7) is 4.35. The zero-order valence-electron chi connectivity index (χ0n) is 13.6. The van der Waals surface area contributed by atoms with Crippen LogP contribution < -0.4 is 9.64 Å². The molecule has 1 aliphatic heterocycles. The van der Waals surface area contributed by atoms with Crippen molar-refractivity contribution in [1.82, 2.24) is 9.97 Å². The average Bonchev–Trinajstić information content (AvgIpc) is 2.61. The lowest BCUT2D eigenvalue weighted by molar-refractivity contribution is 0.222. The van der Waals surface area contributed by atoms with Crippen LogP contribution in [0.15, 0.2) is 30.6 Å². The normalized spacial score (nSPS) is 15.1. The van der Waals surface area contributed by atoms with Crippen LogP contribution in [-0.2, 0) is 0 Å². The highest BCUT2D eigenvalue weighted by Crippen LogP contribution is 2.27. The number of ether oxygens (including phenoxy) is 1. The number of pyridine rings is 2. The smallest absolute Gasteiger partial charge is 0.146 e. The lowest BCUT2D eigenvalue weighted by Crippen LogP contribution is -2.36. The highest BCUT2D eigenvalue weighted by atomic mass is 35.5. The molecule has 0 aliphatic carbocycles. The van der Waals surface area contributed by atoms with Crippen LogP contribution in [0.3, 0.4) is 0 Å². The fraction of sp³-hybridized carbons (Fsp3) is 0.389. The molecule has 0 bridgehead atoms. The van der Waals surface area contributed by atoms with Gasteiger partial charge in [-0.05, 0) is 37.8 Å². The predicted octanol–water partition coefficient (Wildman–Crippen LogP) is 3.61. The van der Waals surface area contributed by atoms with Crippen LogP contribution in [0.5, 0.6) is 5.75 Å². The highest BCUT2D eigenvalue weighted by Gasteiger charge is 2.23. The summed E-state index contributed by atoms with van der Waals surface area (Å²) >= 11 is 6.06. The summed E-state index contributed by atoms with van der Waals surface area (Å²) in [5, 5.41) is 9.81. The van der Waals surface area contributed by atoms with E-state index in [2.05, 4.69) is 20.9 Å². The zero-order chi connectivity index (χ0) is 16.9. The van der Waals surface area contributed by atoms with E-state index in [9.17, 15) is 5.26 Å². The molecular formula is C18H19ClN4O. The Morgan fingerprint density at radius 3 is 2.83 bits per heavy atom. The number of halogens is 1. The van der Waals surface area contributed by atoms with Gasteiger partial charge in [0.1, 0.15) is 22.7 Å². The number of nitriles is 1. The number of piperidine rings is 1. The van der Waals surface area contributed by atoms with Gasteiger partial charge < -0.3 is 9.64 Å². The fourth-order valence-corrected chi connectivity index (χ4v) is 3.04. The molecule has 0 atom stereocenters. The third kappa shape index (κ3) is 3.77. The minimum atomic E-state index is 0.473. The van der Waals surface area contributed by atoms with Crippen molar-refractivity contribution in [1.29, 1.82) is 5.26 Å². The van der Waals surface area contributed by atoms with Crippen LogP contribution >= 0.6 is 11.6 Å². The van der Waals surface area contributed by atoms with Crippen LogP contribution in [0, 0.1) is 24.2 Å². The van der Waals surface area contributed by atoms with Gasteiger partial charge in [0.25, 0.3) is 0 Å². The first-order valence-corrected chi connectivity index (χ1v) is 8.40. The first-order valence-electron chi connectivity index (χ1n) is 8.02. The Balaban J connectivity index is 1.58. The van der Waals surface area contributed by atoms with E-state index in [4.69, 9.17) is 16.3 Å².